The van der Waals surface area contributed by atoms with Gasteiger partial charge in [0.2, 0.25) is 5.91 Å². The van der Waals surface area contributed by atoms with Gasteiger partial charge in [0.05, 0.1) is 12.2 Å². The number of rotatable bonds is 3. The van der Waals surface area contributed by atoms with Gasteiger partial charge in [0.15, 0.2) is 0 Å². The maximum Gasteiger partial charge on any atom is 0.238 e. The highest BCUT2D eigenvalue weighted by Gasteiger charge is 2.20. The summed E-state index contributed by atoms with van der Waals surface area (Å²) < 4.78 is 26.1. The maximum atomic E-state index is 13.4. The predicted molar refractivity (Wildman–Crippen MR) is 69.9 cm³/mol. The number of piperidine rings is 1. The summed E-state index contributed by atoms with van der Waals surface area (Å²) in [7, 11) is 0. The first-order valence-electron chi connectivity index (χ1n) is 6.55. The highest BCUT2D eigenvalue weighted by atomic mass is 19.1. The molecule has 1 heterocycles. The van der Waals surface area contributed by atoms with Crippen molar-refractivity contribution >= 4 is 11.6 Å². The first-order chi connectivity index (χ1) is 9.06. The summed E-state index contributed by atoms with van der Waals surface area (Å²) in [6.07, 6.45) is 3.35. The third-order valence-corrected chi connectivity index (χ3v) is 3.49. The zero-order chi connectivity index (χ0) is 13.8. The number of carbonyl (C=O) groups excluding carboxylic acids is 1. The monoisotopic (exact) mass is 268 g/mol. The molecule has 1 unspecified atom stereocenters. The molecular formula is C14H18F2N2O. The van der Waals surface area contributed by atoms with Crippen molar-refractivity contribution in [3.8, 4) is 0 Å². The number of halogens is 2. The first-order valence-corrected chi connectivity index (χ1v) is 6.55. The maximum absolute atomic E-state index is 13.4. The van der Waals surface area contributed by atoms with E-state index < -0.39 is 11.6 Å². The molecule has 1 N–H and O–H groups in total. The number of nitrogens with one attached hydrogen (secondary N) is 1. The average molecular weight is 268 g/mol. The van der Waals surface area contributed by atoms with Crippen molar-refractivity contribution in [3.63, 3.8) is 0 Å². The Balaban J connectivity index is 1.93. The molecule has 1 fully saturated rings. The number of likely N-dealkylation sites (tertiary alicyclic amines) is 1. The molecule has 0 bridgehead atoms. The standard InChI is InChI=1S/C14H18F2N2O/c1-10-4-2-3-7-18(10)9-14(19)17-13-6-5-11(15)8-12(13)16/h5-6,8,10H,2-4,7,9H2,1H3,(H,17,19). The van der Waals surface area contributed by atoms with Crippen molar-refractivity contribution < 1.29 is 13.6 Å². The van der Waals surface area contributed by atoms with Gasteiger partial charge in [0, 0.05) is 12.1 Å². The average Bonchev–Trinajstić information content (AvgIpc) is 2.36. The smallest absolute Gasteiger partial charge is 0.238 e. The van der Waals surface area contributed by atoms with E-state index in [-0.39, 0.29) is 18.1 Å². The van der Waals surface area contributed by atoms with Crippen LogP contribution in [0.5, 0.6) is 0 Å². The van der Waals surface area contributed by atoms with Crippen molar-refractivity contribution in [2.45, 2.75) is 32.2 Å². The van der Waals surface area contributed by atoms with Crippen LogP contribution in [-0.4, -0.2) is 29.9 Å². The molecule has 19 heavy (non-hydrogen) atoms. The quantitative estimate of drug-likeness (QED) is 0.914. The number of hydrogen-bond donors (Lipinski definition) is 1. The first kappa shape index (κ1) is 13.9. The molecule has 1 aromatic rings. The zero-order valence-corrected chi connectivity index (χ0v) is 11.0. The van der Waals surface area contributed by atoms with E-state index in [0.717, 1.165) is 31.5 Å². The van der Waals surface area contributed by atoms with Crippen molar-refractivity contribution in [3.05, 3.63) is 29.8 Å². The van der Waals surface area contributed by atoms with Gasteiger partial charge in [0.1, 0.15) is 11.6 Å². The lowest BCUT2D eigenvalue weighted by atomic mass is 10.0. The molecule has 1 aromatic carbocycles. The van der Waals surface area contributed by atoms with Gasteiger partial charge in [-0.25, -0.2) is 8.78 Å². The van der Waals surface area contributed by atoms with Gasteiger partial charge >= 0.3 is 0 Å². The van der Waals surface area contributed by atoms with Crippen molar-refractivity contribution in [2.24, 2.45) is 0 Å². The molecule has 1 saturated heterocycles. The lowest BCUT2D eigenvalue weighted by Gasteiger charge is -2.32. The van der Waals surface area contributed by atoms with Gasteiger partial charge in [-0.1, -0.05) is 6.42 Å². The number of benzene rings is 1. The Bertz CT molecular complexity index is 465. The zero-order valence-electron chi connectivity index (χ0n) is 11.0. The van der Waals surface area contributed by atoms with E-state index in [1.807, 2.05) is 0 Å². The molecule has 0 saturated carbocycles. The van der Waals surface area contributed by atoms with Crippen LogP contribution in [0.15, 0.2) is 18.2 Å². The van der Waals surface area contributed by atoms with Crippen LogP contribution in [0.1, 0.15) is 26.2 Å². The van der Waals surface area contributed by atoms with Gasteiger partial charge in [-0.05, 0) is 38.4 Å². The second kappa shape index (κ2) is 6.10. The molecule has 0 radical (unpaired) electrons. The van der Waals surface area contributed by atoms with E-state index in [0.29, 0.717) is 6.04 Å². The van der Waals surface area contributed by atoms with E-state index in [4.69, 9.17) is 0 Å². The number of nitrogens with zero attached hydrogens (tertiary/aromatic N) is 1. The fourth-order valence-electron chi connectivity index (χ4n) is 2.36. The SMILES string of the molecule is CC1CCCCN1CC(=O)Nc1ccc(F)cc1F. The van der Waals surface area contributed by atoms with Gasteiger partial charge < -0.3 is 5.32 Å². The van der Waals surface area contributed by atoms with E-state index in [1.165, 1.54) is 12.5 Å². The molecule has 1 aliphatic rings. The summed E-state index contributed by atoms with van der Waals surface area (Å²) in [5, 5.41) is 2.48. The summed E-state index contributed by atoms with van der Waals surface area (Å²) in [5.74, 6) is -1.67. The van der Waals surface area contributed by atoms with Crippen LogP contribution >= 0.6 is 0 Å². The summed E-state index contributed by atoms with van der Waals surface area (Å²) in [5.41, 5.74) is 0.0241. The van der Waals surface area contributed by atoms with E-state index in [9.17, 15) is 13.6 Å². The fourth-order valence-corrected chi connectivity index (χ4v) is 2.36. The Hall–Kier alpha value is -1.49. The highest BCUT2D eigenvalue weighted by Crippen LogP contribution is 2.17. The Kier molecular flexibility index (Phi) is 4.47. The Morgan fingerprint density at radius 1 is 1.42 bits per heavy atom. The van der Waals surface area contributed by atoms with E-state index >= 15 is 0 Å². The molecule has 5 heteroatoms. The molecule has 1 amide bonds. The largest absolute Gasteiger partial charge is 0.322 e. The molecule has 104 valence electrons. The minimum Gasteiger partial charge on any atom is -0.322 e. The molecule has 2 rings (SSSR count). The second-order valence-corrected chi connectivity index (χ2v) is 4.99. The molecule has 0 aromatic heterocycles. The highest BCUT2D eigenvalue weighted by molar-refractivity contribution is 5.92. The van der Waals surface area contributed by atoms with Crippen LogP contribution in [0.25, 0.3) is 0 Å². The predicted octanol–water partition coefficient (Wildman–Crippen LogP) is 2.78. The number of anilines is 1. The van der Waals surface area contributed by atoms with Crippen molar-refractivity contribution in [1.29, 1.82) is 0 Å². The molecule has 0 aliphatic carbocycles. The topological polar surface area (TPSA) is 32.3 Å². The summed E-state index contributed by atoms with van der Waals surface area (Å²) in [6, 6.07) is 3.50. The van der Waals surface area contributed by atoms with E-state index in [2.05, 4.69) is 17.1 Å². The van der Waals surface area contributed by atoms with Crippen LogP contribution in [0.2, 0.25) is 0 Å². The molecule has 0 spiro atoms. The molecule has 1 atom stereocenters. The van der Waals surface area contributed by atoms with Gasteiger partial charge in [-0.15, -0.1) is 0 Å². The Morgan fingerprint density at radius 2 is 2.21 bits per heavy atom. The summed E-state index contributed by atoms with van der Waals surface area (Å²) in [6.45, 7) is 3.23. The van der Waals surface area contributed by atoms with Crippen LogP contribution in [0.3, 0.4) is 0 Å². The fraction of sp³-hybridized carbons (Fsp3) is 0.500. The van der Waals surface area contributed by atoms with Crippen LogP contribution < -0.4 is 5.32 Å². The normalized spacial score (nSPS) is 20.3. The number of hydrogen-bond acceptors (Lipinski definition) is 2. The third-order valence-electron chi connectivity index (χ3n) is 3.49. The summed E-state index contributed by atoms with van der Waals surface area (Å²) in [4.78, 5) is 13.9. The lowest BCUT2D eigenvalue weighted by Crippen LogP contribution is -2.42. The van der Waals surface area contributed by atoms with Crippen LogP contribution in [0, 0.1) is 11.6 Å². The van der Waals surface area contributed by atoms with Gasteiger partial charge in [0.25, 0.3) is 0 Å². The van der Waals surface area contributed by atoms with Gasteiger partial charge in [-0.2, -0.15) is 0 Å². The molecule has 3 nitrogen and oxygen atoms in total. The van der Waals surface area contributed by atoms with Crippen LogP contribution in [0.4, 0.5) is 14.5 Å². The number of carbonyl (C=O) groups is 1. The Morgan fingerprint density at radius 3 is 2.89 bits per heavy atom. The molecule has 1 aliphatic heterocycles. The van der Waals surface area contributed by atoms with Crippen molar-refractivity contribution in [2.75, 3.05) is 18.4 Å². The van der Waals surface area contributed by atoms with Crippen molar-refractivity contribution in [1.82, 2.24) is 4.90 Å². The van der Waals surface area contributed by atoms with Gasteiger partial charge in [-0.3, -0.25) is 9.69 Å². The van der Waals surface area contributed by atoms with Crippen LogP contribution in [-0.2, 0) is 4.79 Å². The molecular weight excluding hydrogens is 250 g/mol. The lowest BCUT2D eigenvalue weighted by molar-refractivity contribution is -0.118. The second-order valence-electron chi connectivity index (χ2n) is 4.99. The Labute approximate surface area is 111 Å². The third kappa shape index (κ3) is 3.73. The number of amides is 1. The minimum atomic E-state index is -0.750. The van der Waals surface area contributed by atoms with E-state index in [1.54, 1.807) is 0 Å². The minimum absolute atomic E-state index is 0.0241. The summed E-state index contributed by atoms with van der Waals surface area (Å²) >= 11 is 0.